The first kappa shape index (κ1) is 5.35. The second kappa shape index (κ2) is 2.50. The van der Waals surface area contributed by atoms with Gasteiger partial charge in [0.25, 0.3) is 0 Å². The molecule has 1 rings (SSSR count). The van der Waals surface area contributed by atoms with Crippen molar-refractivity contribution in [1.82, 2.24) is 0 Å². The van der Waals surface area contributed by atoms with Gasteiger partial charge < -0.3 is 9.47 Å². The van der Waals surface area contributed by atoms with Crippen molar-refractivity contribution in [3.63, 3.8) is 0 Å². The van der Waals surface area contributed by atoms with E-state index in [-0.39, 0.29) is 6.10 Å². The molecule has 1 aliphatic heterocycles. The zero-order valence-electron chi connectivity index (χ0n) is 3.89. The van der Waals surface area contributed by atoms with Crippen molar-refractivity contribution < 1.29 is 9.47 Å². The van der Waals surface area contributed by atoms with E-state index in [2.05, 4.69) is 0 Å². The molecule has 0 aliphatic carbocycles. The predicted molar refractivity (Wildman–Crippen MR) is 26.4 cm³/mol. The van der Waals surface area contributed by atoms with E-state index in [1.165, 1.54) is 0 Å². The zero-order valence-corrected chi connectivity index (χ0v) is 4.65. The van der Waals surface area contributed by atoms with Crippen LogP contribution in [-0.2, 0) is 9.47 Å². The molecule has 0 amide bonds. The minimum atomic E-state index is 0.140. The third-order valence-electron chi connectivity index (χ3n) is 0.863. The Kier molecular flexibility index (Phi) is 1.91. The lowest BCUT2D eigenvalue weighted by Crippen LogP contribution is -2.09. The Bertz CT molecular complexity index is 51.7. The fourth-order valence-electron chi connectivity index (χ4n) is 0.461. The molecule has 0 aromatic carbocycles. The lowest BCUT2D eigenvalue weighted by molar-refractivity contribution is 0.0522. The summed E-state index contributed by atoms with van der Waals surface area (Å²) in [7, 11) is 0. The van der Waals surface area contributed by atoms with E-state index in [1.807, 2.05) is 0 Å². The van der Waals surface area contributed by atoms with Crippen LogP contribution in [0.25, 0.3) is 0 Å². The molecule has 1 aliphatic rings. The maximum Gasteiger partial charge on any atom is 0.147 e. The van der Waals surface area contributed by atoms with E-state index >= 15 is 0 Å². The van der Waals surface area contributed by atoms with Crippen LogP contribution in [0.5, 0.6) is 0 Å². The van der Waals surface area contributed by atoms with Crippen LogP contribution < -0.4 is 0 Å². The molecule has 0 bridgehead atoms. The molecule has 0 N–H and O–H groups in total. The monoisotopic (exact) mass is 122 g/mol. The van der Waals surface area contributed by atoms with E-state index in [9.17, 15) is 0 Å². The number of alkyl halides is 1. The largest absolute Gasteiger partial charge is 0.353 e. The molecule has 1 atom stereocenters. The number of halogens is 1. The molecule has 0 aromatic rings. The first-order valence-electron chi connectivity index (χ1n) is 2.19. The highest BCUT2D eigenvalue weighted by Crippen LogP contribution is 2.03. The molecule has 0 unspecified atom stereocenters. The summed E-state index contributed by atoms with van der Waals surface area (Å²) in [6.07, 6.45) is 0.140. The SMILES string of the molecule is ClC[C@H]1COCO1. The Labute approximate surface area is 47.4 Å². The van der Waals surface area contributed by atoms with Gasteiger partial charge in [-0.25, -0.2) is 0 Å². The molecule has 2 nitrogen and oxygen atoms in total. The van der Waals surface area contributed by atoms with Gasteiger partial charge in [0, 0.05) is 0 Å². The highest BCUT2D eigenvalue weighted by Gasteiger charge is 2.13. The third-order valence-corrected chi connectivity index (χ3v) is 1.21. The smallest absolute Gasteiger partial charge is 0.147 e. The van der Waals surface area contributed by atoms with Gasteiger partial charge in [0.1, 0.15) is 6.79 Å². The molecule has 0 spiro atoms. The molecule has 1 fully saturated rings. The number of ether oxygens (including phenoxy) is 2. The second-order valence-electron chi connectivity index (χ2n) is 1.43. The van der Waals surface area contributed by atoms with Crippen LogP contribution in [0.4, 0.5) is 0 Å². The highest BCUT2D eigenvalue weighted by molar-refractivity contribution is 6.18. The third kappa shape index (κ3) is 1.30. The molecule has 0 aromatic heterocycles. The molecule has 0 saturated carbocycles. The first-order valence-corrected chi connectivity index (χ1v) is 2.72. The van der Waals surface area contributed by atoms with Gasteiger partial charge in [0.2, 0.25) is 0 Å². The number of hydrogen-bond donors (Lipinski definition) is 0. The van der Waals surface area contributed by atoms with Crippen LogP contribution in [0.1, 0.15) is 0 Å². The van der Waals surface area contributed by atoms with Crippen molar-refractivity contribution in [3.8, 4) is 0 Å². The van der Waals surface area contributed by atoms with E-state index in [4.69, 9.17) is 21.1 Å². The molecule has 7 heavy (non-hydrogen) atoms. The summed E-state index contributed by atoms with van der Waals surface area (Å²) in [4.78, 5) is 0. The topological polar surface area (TPSA) is 18.5 Å². The molecule has 1 heterocycles. The van der Waals surface area contributed by atoms with Crippen LogP contribution in [-0.4, -0.2) is 25.4 Å². The van der Waals surface area contributed by atoms with Gasteiger partial charge in [-0.15, -0.1) is 11.6 Å². The van der Waals surface area contributed by atoms with Crippen LogP contribution >= 0.6 is 11.6 Å². The van der Waals surface area contributed by atoms with Crippen LogP contribution in [0.15, 0.2) is 0 Å². The first-order chi connectivity index (χ1) is 3.43. The zero-order chi connectivity index (χ0) is 5.11. The Morgan fingerprint density at radius 2 is 2.57 bits per heavy atom. The van der Waals surface area contributed by atoms with Crippen molar-refractivity contribution in [2.75, 3.05) is 19.3 Å². The van der Waals surface area contributed by atoms with Gasteiger partial charge in [-0.2, -0.15) is 0 Å². The summed E-state index contributed by atoms with van der Waals surface area (Å²) in [5, 5.41) is 0. The molecular formula is C4H7ClO2. The van der Waals surface area contributed by atoms with E-state index in [0.29, 0.717) is 19.3 Å². The molecule has 1 saturated heterocycles. The molecular weight excluding hydrogens is 115 g/mol. The van der Waals surface area contributed by atoms with Crippen molar-refractivity contribution in [3.05, 3.63) is 0 Å². The maximum atomic E-state index is 5.40. The van der Waals surface area contributed by atoms with Crippen molar-refractivity contribution in [2.24, 2.45) is 0 Å². The van der Waals surface area contributed by atoms with E-state index in [0.717, 1.165) is 0 Å². The van der Waals surface area contributed by atoms with Crippen molar-refractivity contribution in [1.29, 1.82) is 0 Å². The van der Waals surface area contributed by atoms with Crippen LogP contribution in [0.2, 0.25) is 0 Å². The van der Waals surface area contributed by atoms with Crippen LogP contribution in [0.3, 0.4) is 0 Å². The number of hydrogen-bond acceptors (Lipinski definition) is 2. The molecule has 0 radical (unpaired) electrons. The number of rotatable bonds is 1. The average molecular weight is 123 g/mol. The second-order valence-corrected chi connectivity index (χ2v) is 1.74. The standard InChI is InChI=1S/C4H7ClO2/c5-1-4-2-6-3-7-4/h4H,1-3H2/t4-/m0/s1. The van der Waals surface area contributed by atoms with Gasteiger partial charge in [0.05, 0.1) is 18.6 Å². The van der Waals surface area contributed by atoms with Crippen molar-refractivity contribution >= 4 is 11.6 Å². The van der Waals surface area contributed by atoms with Gasteiger partial charge in [-0.1, -0.05) is 0 Å². The Morgan fingerprint density at radius 1 is 1.71 bits per heavy atom. The quantitative estimate of drug-likeness (QED) is 0.474. The normalized spacial score (nSPS) is 31.3. The van der Waals surface area contributed by atoms with E-state index < -0.39 is 0 Å². The van der Waals surface area contributed by atoms with Gasteiger partial charge >= 0.3 is 0 Å². The lowest BCUT2D eigenvalue weighted by Gasteiger charge is -1.96. The summed E-state index contributed by atoms with van der Waals surface area (Å²) in [6.45, 7) is 1.07. The predicted octanol–water partition coefficient (Wildman–Crippen LogP) is 0.598. The fraction of sp³-hybridized carbons (Fsp3) is 1.00. The maximum absolute atomic E-state index is 5.40. The van der Waals surface area contributed by atoms with Crippen LogP contribution in [0, 0.1) is 0 Å². The van der Waals surface area contributed by atoms with Gasteiger partial charge in [0.15, 0.2) is 0 Å². The van der Waals surface area contributed by atoms with E-state index in [1.54, 1.807) is 0 Å². The minimum Gasteiger partial charge on any atom is -0.353 e. The van der Waals surface area contributed by atoms with Crippen molar-refractivity contribution in [2.45, 2.75) is 6.10 Å². The lowest BCUT2D eigenvalue weighted by atomic mass is 10.4. The molecule has 3 heteroatoms. The minimum absolute atomic E-state index is 0.140. The summed E-state index contributed by atoms with van der Waals surface area (Å²) in [5.41, 5.74) is 0. The fourth-order valence-corrected chi connectivity index (χ4v) is 0.639. The highest BCUT2D eigenvalue weighted by atomic mass is 35.5. The summed E-state index contributed by atoms with van der Waals surface area (Å²) in [5.74, 6) is 0.542. The summed E-state index contributed by atoms with van der Waals surface area (Å²) in [6, 6.07) is 0. The summed E-state index contributed by atoms with van der Waals surface area (Å²) < 4.78 is 9.79. The van der Waals surface area contributed by atoms with Gasteiger partial charge in [-0.05, 0) is 0 Å². The Hall–Kier alpha value is 0.210. The Morgan fingerprint density at radius 3 is 2.86 bits per heavy atom. The average Bonchev–Trinajstić information content (AvgIpc) is 2.14. The molecule has 42 valence electrons. The van der Waals surface area contributed by atoms with Gasteiger partial charge in [-0.3, -0.25) is 0 Å². The Balaban J connectivity index is 2.14. The summed E-state index contributed by atoms with van der Waals surface area (Å²) >= 11 is 5.40.